The van der Waals surface area contributed by atoms with Crippen LogP contribution < -0.4 is 5.32 Å². The molecule has 2 heterocycles. The highest BCUT2D eigenvalue weighted by molar-refractivity contribution is 6.31. The van der Waals surface area contributed by atoms with Crippen LogP contribution in [-0.2, 0) is 6.54 Å². The minimum atomic E-state index is 0.0395. The van der Waals surface area contributed by atoms with Gasteiger partial charge in [0.05, 0.1) is 12.7 Å². The van der Waals surface area contributed by atoms with Crippen LogP contribution >= 0.6 is 23.2 Å². The van der Waals surface area contributed by atoms with Crippen LogP contribution in [0.15, 0.2) is 6.20 Å². The SMILES string of the molecule is Clc1nc(Cl)nc(NCc2cn[nH]n2)n1. The molecule has 9 heteroatoms. The fourth-order valence-corrected chi connectivity index (χ4v) is 1.25. The van der Waals surface area contributed by atoms with E-state index in [4.69, 9.17) is 23.2 Å². The Bertz CT molecular complexity index is 422. The van der Waals surface area contributed by atoms with Crippen molar-refractivity contribution in [2.24, 2.45) is 0 Å². The monoisotopic (exact) mass is 245 g/mol. The maximum Gasteiger partial charge on any atom is 0.228 e. The second kappa shape index (κ2) is 4.37. The van der Waals surface area contributed by atoms with E-state index >= 15 is 0 Å². The van der Waals surface area contributed by atoms with E-state index < -0.39 is 0 Å². The van der Waals surface area contributed by atoms with Gasteiger partial charge in [0.2, 0.25) is 16.5 Å². The van der Waals surface area contributed by atoms with Gasteiger partial charge in [-0.25, -0.2) is 0 Å². The van der Waals surface area contributed by atoms with Crippen molar-refractivity contribution in [3.63, 3.8) is 0 Å². The van der Waals surface area contributed by atoms with E-state index in [-0.39, 0.29) is 10.6 Å². The zero-order chi connectivity index (χ0) is 10.7. The van der Waals surface area contributed by atoms with E-state index in [1.807, 2.05) is 0 Å². The number of rotatable bonds is 3. The van der Waals surface area contributed by atoms with Crippen LogP contribution in [0, 0.1) is 0 Å². The fraction of sp³-hybridized carbons (Fsp3) is 0.167. The van der Waals surface area contributed by atoms with Gasteiger partial charge in [-0.15, -0.1) is 0 Å². The highest BCUT2D eigenvalue weighted by Gasteiger charge is 2.03. The van der Waals surface area contributed by atoms with Crippen molar-refractivity contribution in [1.29, 1.82) is 0 Å². The van der Waals surface area contributed by atoms with Crippen molar-refractivity contribution in [2.75, 3.05) is 5.32 Å². The smallest absolute Gasteiger partial charge is 0.228 e. The van der Waals surface area contributed by atoms with Gasteiger partial charge in [-0.1, -0.05) is 0 Å². The standard InChI is InChI=1S/C6H5Cl2N7/c7-4-11-5(8)13-6(12-4)9-1-3-2-10-15-14-3/h2H,1H2,(H,10,14,15)(H,9,11,12,13). The molecule has 0 fully saturated rings. The number of anilines is 1. The molecule has 0 atom stereocenters. The largest absolute Gasteiger partial charge is 0.348 e. The predicted octanol–water partition coefficient (Wildman–Crippen LogP) is 0.909. The number of hydrogen-bond donors (Lipinski definition) is 2. The first-order valence-electron chi connectivity index (χ1n) is 3.89. The minimum absolute atomic E-state index is 0.0395. The minimum Gasteiger partial charge on any atom is -0.348 e. The number of nitrogens with zero attached hydrogens (tertiary/aromatic N) is 5. The van der Waals surface area contributed by atoms with Gasteiger partial charge in [0, 0.05) is 0 Å². The van der Waals surface area contributed by atoms with Gasteiger partial charge in [0.25, 0.3) is 0 Å². The summed E-state index contributed by atoms with van der Waals surface area (Å²) in [6, 6.07) is 0. The first kappa shape index (κ1) is 10.1. The normalized spacial score (nSPS) is 10.3. The number of aromatic nitrogens is 6. The lowest BCUT2D eigenvalue weighted by atomic mass is 10.5. The molecule has 0 aliphatic rings. The molecule has 0 bridgehead atoms. The molecule has 0 saturated carbocycles. The highest BCUT2D eigenvalue weighted by atomic mass is 35.5. The molecule has 0 aliphatic carbocycles. The lowest BCUT2D eigenvalue weighted by molar-refractivity contribution is 0.903. The second-order valence-electron chi connectivity index (χ2n) is 2.51. The first-order chi connectivity index (χ1) is 7.24. The summed E-state index contributed by atoms with van der Waals surface area (Å²) in [6.07, 6.45) is 1.58. The van der Waals surface area contributed by atoms with Gasteiger partial charge in [-0.05, 0) is 23.2 Å². The van der Waals surface area contributed by atoms with Crippen LogP contribution in [0.1, 0.15) is 5.69 Å². The van der Waals surface area contributed by atoms with Crippen molar-refractivity contribution >= 4 is 29.2 Å². The van der Waals surface area contributed by atoms with Crippen LogP contribution in [0.5, 0.6) is 0 Å². The summed E-state index contributed by atoms with van der Waals surface area (Å²) < 4.78 is 0. The number of aromatic amines is 1. The molecule has 2 aromatic rings. The van der Waals surface area contributed by atoms with Gasteiger partial charge in [0.1, 0.15) is 5.69 Å². The summed E-state index contributed by atoms with van der Waals surface area (Å²) in [7, 11) is 0. The van der Waals surface area contributed by atoms with Crippen LogP contribution in [-0.4, -0.2) is 30.4 Å². The molecule has 2 aromatic heterocycles. The Morgan fingerprint density at radius 1 is 1.20 bits per heavy atom. The van der Waals surface area contributed by atoms with Gasteiger partial charge in [-0.3, -0.25) is 0 Å². The van der Waals surface area contributed by atoms with E-state index in [1.165, 1.54) is 0 Å². The summed E-state index contributed by atoms with van der Waals surface area (Å²) >= 11 is 11.2. The second-order valence-corrected chi connectivity index (χ2v) is 3.19. The fourth-order valence-electron chi connectivity index (χ4n) is 0.885. The number of halogens is 2. The molecular weight excluding hydrogens is 241 g/mol. The first-order valence-corrected chi connectivity index (χ1v) is 4.65. The molecular formula is C6H5Cl2N7. The van der Waals surface area contributed by atoms with E-state index in [0.29, 0.717) is 12.5 Å². The highest BCUT2D eigenvalue weighted by Crippen LogP contribution is 2.09. The molecule has 0 radical (unpaired) electrons. The summed E-state index contributed by atoms with van der Waals surface area (Å²) in [5, 5.41) is 12.9. The number of hydrogen-bond acceptors (Lipinski definition) is 6. The Balaban J connectivity index is 2.05. The maximum absolute atomic E-state index is 5.59. The zero-order valence-corrected chi connectivity index (χ0v) is 8.79. The number of nitrogens with one attached hydrogen (secondary N) is 2. The molecule has 0 spiro atoms. The Kier molecular flexibility index (Phi) is 2.93. The molecule has 2 rings (SSSR count). The van der Waals surface area contributed by atoms with Gasteiger partial charge >= 0.3 is 0 Å². The van der Waals surface area contributed by atoms with Crippen LogP contribution in [0.3, 0.4) is 0 Å². The van der Waals surface area contributed by atoms with Crippen LogP contribution in [0.4, 0.5) is 5.95 Å². The Morgan fingerprint density at radius 3 is 2.53 bits per heavy atom. The summed E-state index contributed by atoms with van der Waals surface area (Å²) in [5.74, 6) is 0.294. The third kappa shape index (κ3) is 2.74. The Hall–Kier alpha value is -1.47. The van der Waals surface area contributed by atoms with Crippen molar-refractivity contribution in [3.05, 3.63) is 22.5 Å². The zero-order valence-electron chi connectivity index (χ0n) is 7.28. The Morgan fingerprint density at radius 2 is 1.93 bits per heavy atom. The van der Waals surface area contributed by atoms with Crippen molar-refractivity contribution in [2.45, 2.75) is 6.54 Å². The van der Waals surface area contributed by atoms with E-state index in [0.717, 1.165) is 5.69 Å². The Labute approximate surface area is 94.3 Å². The summed E-state index contributed by atoms with van der Waals surface area (Å²) in [4.78, 5) is 11.3. The quantitative estimate of drug-likeness (QED) is 0.836. The lowest BCUT2D eigenvalue weighted by Crippen LogP contribution is -2.05. The van der Waals surface area contributed by atoms with E-state index in [2.05, 4.69) is 35.7 Å². The summed E-state index contributed by atoms with van der Waals surface area (Å²) in [5.41, 5.74) is 0.725. The predicted molar refractivity (Wildman–Crippen MR) is 53.6 cm³/mol. The van der Waals surface area contributed by atoms with E-state index in [9.17, 15) is 0 Å². The van der Waals surface area contributed by atoms with Crippen molar-refractivity contribution in [1.82, 2.24) is 30.4 Å². The molecule has 78 valence electrons. The molecule has 0 saturated heterocycles. The lowest BCUT2D eigenvalue weighted by Gasteiger charge is -2.01. The van der Waals surface area contributed by atoms with Crippen LogP contribution in [0.2, 0.25) is 10.6 Å². The molecule has 7 nitrogen and oxygen atoms in total. The average Bonchev–Trinajstić information content (AvgIpc) is 2.65. The molecule has 0 aromatic carbocycles. The van der Waals surface area contributed by atoms with Gasteiger partial charge in [0.15, 0.2) is 0 Å². The molecule has 0 unspecified atom stereocenters. The van der Waals surface area contributed by atoms with Crippen LogP contribution in [0.25, 0.3) is 0 Å². The molecule has 15 heavy (non-hydrogen) atoms. The molecule has 0 amide bonds. The third-order valence-electron chi connectivity index (χ3n) is 1.47. The van der Waals surface area contributed by atoms with Crippen molar-refractivity contribution < 1.29 is 0 Å². The van der Waals surface area contributed by atoms with E-state index in [1.54, 1.807) is 6.20 Å². The maximum atomic E-state index is 5.59. The topological polar surface area (TPSA) is 92.3 Å². The number of H-pyrrole nitrogens is 1. The van der Waals surface area contributed by atoms with Crippen molar-refractivity contribution in [3.8, 4) is 0 Å². The molecule has 2 N–H and O–H groups in total. The third-order valence-corrected chi connectivity index (χ3v) is 1.81. The summed E-state index contributed by atoms with van der Waals surface area (Å²) in [6.45, 7) is 0.424. The molecule has 0 aliphatic heterocycles. The average molecular weight is 246 g/mol. The van der Waals surface area contributed by atoms with Gasteiger partial charge < -0.3 is 5.32 Å². The van der Waals surface area contributed by atoms with Gasteiger partial charge in [-0.2, -0.15) is 30.4 Å².